The van der Waals surface area contributed by atoms with Crippen LogP contribution in [0.25, 0.3) is 0 Å². The van der Waals surface area contributed by atoms with Crippen molar-refractivity contribution in [3.8, 4) is 0 Å². The van der Waals surface area contributed by atoms with Crippen molar-refractivity contribution in [2.75, 3.05) is 12.3 Å². The minimum atomic E-state index is -4.70. The summed E-state index contributed by atoms with van der Waals surface area (Å²) in [5, 5.41) is 6.85. The average molecular weight is 328 g/mol. The quantitative estimate of drug-likeness (QED) is 0.630. The molecule has 0 saturated heterocycles. The predicted molar refractivity (Wildman–Crippen MR) is 66.3 cm³/mol. The van der Waals surface area contributed by atoms with Crippen LogP contribution >= 0.6 is 0 Å². The molecule has 0 bridgehead atoms. The lowest BCUT2D eigenvalue weighted by Crippen LogP contribution is -2.28. The van der Waals surface area contributed by atoms with E-state index in [0.717, 1.165) is 0 Å². The molecule has 0 aliphatic rings. The summed E-state index contributed by atoms with van der Waals surface area (Å²) in [7, 11) is -3.70. The van der Waals surface area contributed by atoms with Gasteiger partial charge in [0, 0.05) is 6.54 Å². The Balaban J connectivity index is 2.74. The highest BCUT2D eigenvalue weighted by Gasteiger charge is 2.31. The summed E-state index contributed by atoms with van der Waals surface area (Å²) in [5.74, 6) is -2.57. The zero-order valence-corrected chi connectivity index (χ0v) is 11.4. The topological polar surface area (TPSA) is 89.3 Å². The lowest BCUT2D eigenvalue weighted by molar-refractivity contribution is -0.137. The van der Waals surface area contributed by atoms with Crippen molar-refractivity contribution in [2.45, 2.75) is 12.6 Å². The van der Waals surface area contributed by atoms with Crippen LogP contribution in [0.15, 0.2) is 18.2 Å². The van der Waals surface area contributed by atoms with Gasteiger partial charge in [-0.1, -0.05) is 0 Å². The normalized spacial score (nSPS) is 12.2. The number of carbonyl (C=O) groups is 1. The second-order valence-electron chi connectivity index (χ2n) is 4.17. The van der Waals surface area contributed by atoms with Crippen molar-refractivity contribution >= 4 is 15.9 Å². The van der Waals surface area contributed by atoms with E-state index < -0.39 is 44.8 Å². The zero-order chi connectivity index (χ0) is 16.3. The third kappa shape index (κ3) is 5.68. The molecule has 1 aromatic carbocycles. The number of hydrogen-bond donors (Lipinski definition) is 2. The fourth-order valence-corrected chi connectivity index (χ4v) is 1.99. The van der Waals surface area contributed by atoms with Gasteiger partial charge in [0.05, 0.1) is 16.9 Å². The SMILES string of the molecule is NS(=O)(=O)CCCNC(=O)c1cc(C(F)(F)F)ccc1F. The third-order valence-electron chi connectivity index (χ3n) is 2.43. The molecule has 10 heteroatoms. The van der Waals surface area contributed by atoms with Crippen LogP contribution in [-0.4, -0.2) is 26.6 Å². The number of primary sulfonamides is 1. The van der Waals surface area contributed by atoms with Gasteiger partial charge in [-0.2, -0.15) is 13.2 Å². The number of sulfonamides is 1. The Morgan fingerprint density at radius 2 is 1.90 bits per heavy atom. The van der Waals surface area contributed by atoms with E-state index in [2.05, 4.69) is 5.32 Å². The van der Waals surface area contributed by atoms with Crippen molar-refractivity contribution in [2.24, 2.45) is 5.14 Å². The van der Waals surface area contributed by atoms with E-state index in [1.165, 1.54) is 0 Å². The van der Waals surface area contributed by atoms with E-state index in [4.69, 9.17) is 5.14 Å². The monoisotopic (exact) mass is 328 g/mol. The van der Waals surface area contributed by atoms with Crippen molar-refractivity contribution in [1.82, 2.24) is 5.32 Å². The van der Waals surface area contributed by atoms with Gasteiger partial charge in [0.2, 0.25) is 10.0 Å². The van der Waals surface area contributed by atoms with Crippen molar-refractivity contribution in [1.29, 1.82) is 0 Å². The molecule has 21 heavy (non-hydrogen) atoms. The molecule has 1 aromatic rings. The molecule has 0 unspecified atom stereocenters. The van der Waals surface area contributed by atoms with Gasteiger partial charge < -0.3 is 5.32 Å². The second kappa shape index (κ2) is 6.39. The van der Waals surface area contributed by atoms with Gasteiger partial charge in [0.25, 0.3) is 5.91 Å². The second-order valence-corrected chi connectivity index (χ2v) is 5.90. The molecule has 0 aliphatic heterocycles. The summed E-state index contributed by atoms with van der Waals surface area (Å²) < 4.78 is 72.0. The largest absolute Gasteiger partial charge is 0.416 e. The highest BCUT2D eigenvalue weighted by molar-refractivity contribution is 7.89. The van der Waals surface area contributed by atoms with Crippen LogP contribution in [0.2, 0.25) is 0 Å². The predicted octanol–water partition coefficient (Wildman–Crippen LogP) is 1.25. The number of halogens is 4. The van der Waals surface area contributed by atoms with Crippen LogP contribution in [0.5, 0.6) is 0 Å². The number of carbonyl (C=O) groups excluding carboxylic acids is 1. The molecule has 3 N–H and O–H groups in total. The Labute approximate surface area is 118 Å². The number of alkyl halides is 3. The fourth-order valence-electron chi connectivity index (χ4n) is 1.45. The van der Waals surface area contributed by atoms with Gasteiger partial charge in [-0.15, -0.1) is 0 Å². The van der Waals surface area contributed by atoms with E-state index in [-0.39, 0.29) is 13.0 Å². The van der Waals surface area contributed by atoms with Crippen LogP contribution in [0, 0.1) is 5.82 Å². The first-order chi connectivity index (χ1) is 9.50. The Bertz CT molecular complexity index is 629. The summed E-state index contributed by atoms with van der Waals surface area (Å²) in [6, 6.07) is 1.46. The van der Waals surface area contributed by atoms with Crippen molar-refractivity contribution in [3.63, 3.8) is 0 Å². The van der Waals surface area contributed by atoms with Crippen LogP contribution in [-0.2, 0) is 16.2 Å². The van der Waals surface area contributed by atoms with E-state index in [0.29, 0.717) is 18.2 Å². The highest BCUT2D eigenvalue weighted by atomic mass is 32.2. The fraction of sp³-hybridized carbons (Fsp3) is 0.364. The first kappa shape index (κ1) is 17.4. The minimum absolute atomic E-state index is 0.0366. The van der Waals surface area contributed by atoms with Gasteiger partial charge in [-0.25, -0.2) is 17.9 Å². The standard InChI is InChI=1S/C11H12F4N2O3S/c12-9-3-2-7(11(13,14)15)6-8(9)10(18)17-4-1-5-21(16,19)20/h2-3,6H,1,4-5H2,(H,17,18)(H2,16,19,20). The number of nitrogens with one attached hydrogen (secondary N) is 1. The Morgan fingerprint density at radius 3 is 2.43 bits per heavy atom. The van der Waals surface area contributed by atoms with E-state index in [1.807, 2.05) is 0 Å². The number of amides is 1. The molecular formula is C11H12F4N2O3S. The molecule has 1 rings (SSSR count). The van der Waals surface area contributed by atoms with Crippen LogP contribution in [0.3, 0.4) is 0 Å². The molecular weight excluding hydrogens is 316 g/mol. The van der Waals surface area contributed by atoms with Crippen LogP contribution < -0.4 is 10.5 Å². The van der Waals surface area contributed by atoms with Gasteiger partial charge >= 0.3 is 6.18 Å². The summed E-state index contributed by atoms with van der Waals surface area (Å²) in [5.41, 5.74) is -1.92. The lowest BCUT2D eigenvalue weighted by atomic mass is 10.1. The highest BCUT2D eigenvalue weighted by Crippen LogP contribution is 2.30. The maximum Gasteiger partial charge on any atom is 0.416 e. The maximum absolute atomic E-state index is 13.4. The van der Waals surface area contributed by atoms with Gasteiger partial charge in [0.15, 0.2) is 0 Å². The van der Waals surface area contributed by atoms with E-state index in [1.54, 1.807) is 0 Å². The molecule has 0 radical (unpaired) electrons. The molecule has 0 heterocycles. The Morgan fingerprint density at radius 1 is 1.29 bits per heavy atom. The van der Waals surface area contributed by atoms with Gasteiger partial charge in [-0.3, -0.25) is 4.79 Å². The van der Waals surface area contributed by atoms with Crippen molar-refractivity contribution in [3.05, 3.63) is 35.1 Å². The number of hydrogen-bond acceptors (Lipinski definition) is 3. The summed E-state index contributed by atoms with van der Waals surface area (Å²) >= 11 is 0. The molecule has 0 fully saturated rings. The Hall–Kier alpha value is -1.68. The van der Waals surface area contributed by atoms with E-state index >= 15 is 0 Å². The Kier molecular flexibility index (Phi) is 5.29. The molecule has 5 nitrogen and oxygen atoms in total. The molecule has 0 aliphatic carbocycles. The molecule has 0 atom stereocenters. The number of nitrogens with two attached hydrogens (primary N) is 1. The zero-order valence-electron chi connectivity index (χ0n) is 10.6. The summed E-state index contributed by atoms with van der Waals surface area (Å²) in [6.07, 6.45) is -4.73. The van der Waals surface area contributed by atoms with Crippen molar-refractivity contribution < 1.29 is 30.8 Å². The molecule has 0 aromatic heterocycles. The van der Waals surface area contributed by atoms with Crippen LogP contribution in [0.1, 0.15) is 22.3 Å². The number of rotatable bonds is 5. The molecule has 118 valence electrons. The van der Waals surface area contributed by atoms with Gasteiger partial charge in [-0.05, 0) is 24.6 Å². The summed E-state index contributed by atoms with van der Waals surface area (Å²) in [4.78, 5) is 11.6. The maximum atomic E-state index is 13.4. The van der Waals surface area contributed by atoms with Gasteiger partial charge in [0.1, 0.15) is 5.82 Å². The first-order valence-electron chi connectivity index (χ1n) is 5.66. The minimum Gasteiger partial charge on any atom is -0.352 e. The van der Waals surface area contributed by atoms with Crippen LogP contribution in [0.4, 0.5) is 17.6 Å². The summed E-state index contributed by atoms with van der Waals surface area (Å²) in [6.45, 7) is -0.162. The average Bonchev–Trinajstić information content (AvgIpc) is 2.32. The molecule has 0 saturated carbocycles. The third-order valence-corrected chi connectivity index (χ3v) is 3.29. The molecule has 0 spiro atoms. The first-order valence-corrected chi connectivity index (χ1v) is 7.37. The molecule has 1 amide bonds. The lowest BCUT2D eigenvalue weighted by Gasteiger charge is -2.10. The van der Waals surface area contributed by atoms with E-state index in [9.17, 15) is 30.8 Å². The number of benzene rings is 1. The smallest absolute Gasteiger partial charge is 0.352 e.